The van der Waals surface area contributed by atoms with Gasteiger partial charge in [-0.2, -0.15) is 0 Å². The average Bonchev–Trinajstić information content (AvgIpc) is 2.00. The van der Waals surface area contributed by atoms with Crippen molar-refractivity contribution in [3.05, 3.63) is 0 Å². The fourth-order valence-corrected chi connectivity index (χ4v) is 0.734. The molecule has 0 spiro atoms. The molecule has 0 N–H and O–H groups in total. The van der Waals surface area contributed by atoms with E-state index in [-0.39, 0.29) is 12.5 Å². The SMILES string of the molecule is CCCN(C)C(=O)COC(C)=O. The third kappa shape index (κ3) is 4.71. The highest BCUT2D eigenvalue weighted by Gasteiger charge is 2.08. The maximum atomic E-state index is 11.1. The zero-order valence-electron chi connectivity index (χ0n) is 7.79. The highest BCUT2D eigenvalue weighted by molar-refractivity contribution is 5.79. The molecule has 70 valence electrons. The fraction of sp³-hybridized carbons (Fsp3) is 0.750. The predicted octanol–water partition coefficient (Wildman–Crippen LogP) is 0.418. The summed E-state index contributed by atoms with van der Waals surface area (Å²) in [5, 5.41) is 0. The summed E-state index contributed by atoms with van der Waals surface area (Å²) in [7, 11) is 1.69. The van der Waals surface area contributed by atoms with Crippen LogP contribution in [0.1, 0.15) is 20.3 Å². The number of amides is 1. The van der Waals surface area contributed by atoms with Crippen LogP contribution in [0.25, 0.3) is 0 Å². The van der Waals surface area contributed by atoms with Gasteiger partial charge >= 0.3 is 5.97 Å². The van der Waals surface area contributed by atoms with Crippen molar-refractivity contribution < 1.29 is 14.3 Å². The Labute approximate surface area is 72.5 Å². The van der Waals surface area contributed by atoms with E-state index in [1.54, 1.807) is 11.9 Å². The summed E-state index contributed by atoms with van der Waals surface area (Å²) in [4.78, 5) is 23.0. The van der Waals surface area contributed by atoms with Crippen molar-refractivity contribution in [3.63, 3.8) is 0 Å². The summed E-state index contributed by atoms with van der Waals surface area (Å²) >= 11 is 0. The number of nitrogens with zero attached hydrogens (tertiary/aromatic N) is 1. The Morgan fingerprint density at radius 2 is 2.00 bits per heavy atom. The monoisotopic (exact) mass is 173 g/mol. The molecule has 0 bridgehead atoms. The molecule has 0 unspecified atom stereocenters. The van der Waals surface area contributed by atoms with E-state index in [0.717, 1.165) is 6.42 Å². The van der Waals surface area contributed by atoms with E-state index in [9.17, 15) is 9.59 Å². The number of carbonyl (C=O) groups is 2. The van der Waals surface area contributed by atoms with Crippen molar-refractivity contribution in [2.24, 2.45) is 0 Å². The number of carbonyl (C=O) groups excluding carboxylic acids is 2. The summed E-state index contributed by atoms with van der Waals surface area (Å²) in [6.45, 7) is 3.81. The first-order chi connectivity index (χ1) is 5.57. The van der Waals surface area contributed by atoms with Gasteiger partial charge in [0.15, 0.2) is 6.61 Å². The molecule has 1 amide bonds. The third-order valence-corrected chi connectivity index (χ3v) is 1.38. The molecule has 0 rings (SSSR count). The molecule has 0 aromatic carbocycles. The van der Waals surface area contributed by atoms with Crippen molar-refractivity contribution in [2.45, 2.75) is 20.3 Å². The molecule has 0 aliphatic heterocycles. The maximum Gasteiger partial charge on any atom is 0.303 e. The van der Waals surface area contributed by atoms with Gasteiger partial charge in [0, 0.05) is 20.5 Å². The zero-order valence-corrected chi connectivity index (χ0v) is 7.79. The number of esters is 1. The fourth-order valence-electron chi connectivity index (χ4n) is 0.734. The Morgan fingerprint density at radius 1 is 1.42 bits per heavy atom. The zero-order chi connectivity index (χ0) is 9.56. The second-order valence-electron chi connectivity index (χ2n) is 2.60. The number of ether oxygens (including phenoxy) is 1. The van der Waals surface area contributed by atoms with Crippen LogP contribution in [0.5, 0.6) is 0 Å². The number of likely N-dealkylation sites (N-methyl/N-ethyl adjacent to an activating group) is 1. The summed E-state index contributed by atoms with van der Waals surface area (Å²) < 4.78 is 4.54. The quantitative estimate of drug-likeness (QED) is 0.579. The summed E-state index contributed by atoms with van der Waals surface area (Å²) in [6, 6.07) is 0. The molecule has 4 heteroatoms. The molecule has 0 fully saturated rings. The number of hydrogen-bond donors (Lipinski definition) is 0. The van der Waals surface area contributed by atoms with Gasteiger partial charge in [-0.15, -0.1) is 0 Å². The molecule has 0 aromatic rings. The molecule has 0 radical (unpaired) electrons. The van der Waals surface area contributed by atoms with Gasteiger partial charge in [0.2, 0.25) is 0 Å². The Morgan fingerprint density at radius 3 is 2.42 bits per heavy atom. The standard InChI is InChI=1S/C8H15NO3/c1-4-5-9(3)8(11)6-12-7(2)10/h4-6H2,1-3H3. The first kappa shape index (κ1) is 10.9. The lowest BCUT2D eigenvalue weighted by Gasteiger charge is -2.15. The Balaban J connectivity index is 3.64. The van der Waals surface area contributed by atoms with Crippen molar-refractivity contribution in [1.29, 1.82) is 0 Å². The summed E-state index contributed by atoms with van der Waals surface area (Å²) in [5.74, 6) is -0.583. The lowest BCUT2D eigenvalue weighted by molar-refractivity contribution is -0.149. The van der Waals surface area contributed by atoms with Gasteiger partial charge in [0.05, 0.1) is 0 Å². The van der Waals surface area contributed by atoms with E-state index in [2.05, 4.69) is 4.74 Å². The van der Waals surface area contributed by atoms with Crippen LogP contribution in [0.2, 0.25) is 0 Å². The molecule has 0 aliphatic rings. The van der Waals surface area contributed by atoms with Crippen molar-refractivity contribution in [3.8, 4) is 0 Å². The molecule has 0 saturated heterocycles. The minimum Gasteiger partial charge on any atom is -0.456 e. The summed E-state index contributed by atoms with van der Waals surface area (Å²) in [6.07, 6.45) is 0.905. The predicted molar refractivity (Wildman–Crippen MR) is 44.6 cm³/mol. The molecule has 0 saturated carbocycles. The number of hydrogen-bond acceptors (Lipinski definition) is 3. The van der Waals surface area contributed by atoms with E-state index in [1.165, 1.54) is 6.92 Å². The smallest absolute Gasteiger partial charge is 0.303 e. The van der Waals surface area contributed by atoms with Crippen LogP contribution in [0.4, 0.5) is 0 Å². The highest BCUT2D eigenvalue weighted by atomic mass is 16.5. The molecule has 4 nitrogen and oxygen atoms in total. The Kier molecular flexibility index (Phi) is 5.08. The van der Waals surface area contributed by atoms with Crippen molar-refractivity contribution >= 4 is 11.9 Å². The van der Waals surface area contributed by atoms with Gasteiger partial charge in [-0.3, -0.25) is 9.59 Å². The molecular formula is C8H15NO3. The molecule has 0 atom stereocenters. The van der Waals surface area contributed by atoms with Gasteiger partial charge in [0.25, 0.3) is 5.91 Å². The van der Waals surface area contributed by atoms with Crippen molar-refractivity contribution in [1.82, 2.24) is 4.90 Å². The second-order valence-corrected chi connectivity index (χ2v) is 2.60. The topological polar surface area (TPSA) is 46.6 Å². The lowest BCUT2D eigenvalue weighted by Crippen LogP contribution is -2.31. The van der Waals surface area contributed by atoms with Crippen LogP contribution in [0.15, 0.2) is 0 Å². The minimum atomic E-state index is -0.423. The van der Waals surface area contributed by atoms with Gasteiger partial charge in [-0.25, -0.2) is 0 Å². The molecular weight excluding hydrogens is 158 g/mol. The van der Waals surface area contributed by atoms with Gasteiger partial charge < -0.3 is 9.64 Å². The largest absolute Gasteiger partial charge is 0.456 e. The molecule has 12 heavy (non-hydrogen) atoms. The Bertz CT molecular complexity index is 168. The van der Waals surface area contributed by atoms with Crippen LogP contribution in [-0.2, 0) is 14.3 Å². The van der Waals surface area contributed by atoms with Crippen LogP contribution in [0, 0.1) is 0 Å². The van der Waals surface area contributed by atoms with Crippen LogP contribution < -0.4 is 0 Å². The van der Waals surface area contributed by atoms with E-state index in [1.807, 2.05) is 6.92 Å². The van der Waals surface area contributed by atoms with E-state index in [0.29, 0.717) is 6.54 Å². The van der Waals surface area contributed by atoms with Gasteiger partial charge in [-0.1, -0.05) is 6.92 Å². The molecule has 0 aromatic heterocycles. The van der Waals surface area contributed by atoms with Crippen LogP contribution in [-0.4, -0.2) is 37.0 Å². The number of rotatable bonds is 4. The molecule has 0 aliphatic carbocycles. The normalized spacial score (nSPS) is 9.25. The third-order valence-electron chi connectivity index (χ3n) is 1.38. The van der Waals surface area contributed by atoms with Crippen LogP contribution in [0.3, 0.4) is 0 Å². The Hall–Kier alpha value is -1.06. The van der Waals surface area contributed by atoms with Crippen molar-refractivity contribution in [2.75, 3.05) is 20.2 Å². The molecule has 0 heterocycles. The van der Waals surface area contributed by atoms with Crippen LogP contribution >= 0.6 is 0 Å². The van der Waals surface area contributed by atoms with Gasteiger partial charge in [-0.05, 0) is 6.42 Å². The van der Waals surface area contributed by atoms with Gasteiger partial charge in [0.1, 0.15) is 0 Å². The first-order valence-corrected chi connectivity index (χ1v) is 3.95. The highest BCUT2D eigenvalue weighted by Crippen LogP contribution is 1.89. The van der Waals surface area contributed by atoms with E-state index >= 15 is 0 Å². The van der Waals surface area contributed by atoms with E-state index < -0.39 is 5.97 Å². The lowest BCUT2D eigenvalue weighted by atomic mass is 10.4. The maximum absolute atomic E-state index is 11.1. The summed E-state index contributed by atoms with van der Waals surface area (Å²) in [5.41, 5.74) is 0. The minimum absolute atomic E-state index is 0.147. The van der Waals surface area contributed by atoms with E-state index in [4.69, 9.17) is 0 Å². The second kappa shape index (κ2) is 5.57. The average molecular weight is 173 g/mol. The first-order valence-electron chi connectivity index (χ1n) is 3.95.